The summed E-state index contributed by atoms with van der Waals surface area (Å²) >= 11 is 0. The predicted molar refractivity (Wildman–Crippen MR) is 152 cm³/mol. The van der Waals surface area contributed by atoms with Crippen molar-refractivity contribution in [2.75, 3.05) is 20.0 Å². The molecule has 0 radical (unpaired) electrons. The van der Waals surface area contributed by atoms with Crippen LogP contribution in [0.15, 0.2) is 97.1 Å². The highest BCUT2D eigenvalue weighted by molar-refractivity contribution is 5.41. The highest BCUT2D eigenvalue weighted by Gasteiger charge is 2.10. The Balaban J connectivity index is 0.000000103. The van der Waals surface area contributed by atoms with Gasteiger partial charge in [0.1, 0.15) is 13.2 Å². The first-order valence-corrected chi connectivity index (χ1v) is 13.7. The SMILES string of the molecule is c1ccc2c(c1)CCC2.c1ccc2c(c1)CCCC2.c1ccc2c(c1)OCCO2.c1ccc2c(c1)OCO2. The van der Waals surface area contributed by atoms with Crippen molar-refractivity contribution >= 4 is 0 Å². The summed E-state index contributed by atoms with van der Waals surface area (Å²) in [5, 5.41) is 0. The molecule has 4 aromatic rings. The van der Waals surface area contributed by atoms with Crippen LogP contribution >= 0.6 is 0 Å². The second kappa shape index (κ2) is 13.6. The summed E-state index contributed by atoms with van der Waals surface area (Å²) in [5.41, 5.74) is 6.29. The predicted octanol–water partition coefficient (Wildman–Crippen LogP) is 7.61. The molecule has 4 aromatic carbocycles. The molecular weight excluding hydrogens is 472 g/mol. The number of hydrogen-bond acceptors (Lipinski definition) is 4. The van der Waals surface area contributed by atoms with Gasteiger partial charge in [-0.3, -0.25) is 0 Å². The monoisotopic (exact) mass is 508 g/mol. The number of hydrogen-bond donors (Lipinski definition) is 0. The van der Waals surface area contributed by atoms with Gasteiger partial charge in [-0.2, -0.15) is 0 Å². The van der Waals surface area contributed by atoms with Gasteiger partial charge in [0.05, 0.1) is 0 Å². The molecule has 0 saturated heterocycles. The Labute approximate surface area is 226 Å². The van der Waals surface area contributed by atoms with E-state index in [1.54, 1.807) is 22.3 Å². The number of benzene rings is 4. The normalized spacial score (nSPS) is 15.2. The van der Waals surface area contributed by atoms with Crippen molar-refractivity contribution in [2.24, 2.45) is 0 Å². The summed E-state index contributed by atoms with van der Waals surface area (Å²) in [6.07, 6.45) is 9.34. The number of fused-ring (bicyclic) bond motifs is 4. The summed E-state index contributed by atoms with van der Waals surface area (Å²) in [6, 6.07) is 32.9. The molecule has 0 fully saturated rings. The fourth-order valence-corrected chi connectivity index (χ4v) is 5.03. The van der Waals surface area contributed by atoms with E-state index in [0.717, 1.165) is 23.0 Å². The van der Waals surface area contributed by atoms with Gasteiger partial charge >= 0.3 is 0 Å². The first-order chi connectivity index (χ1) is 18.9. The maximum absolute atomic E-state index is 5.30. The van der Waals surface area contributed by atoms with Crippen molar-refractivity contribution in [3.05, 3.63) is 119 Å². The van der Waals surface area contributed by atoms with Gasteiger partial charge in [0.15, 0.2) is 23.0 Å². The van der Waals surface area contributed by atoms with Gasteiger partial charge in [-0.1, -0.05) is 72.8 Å². The molecule has 2 heterocycles. The first-order valence-electron chi connectivity index (χ1n) is 13.7. The second-order valence-electron chi connectivity index (χ2n) is 9.60. The molecule has 4 heteroatoms. The lowest BCUT2D eigenvalue weighted by atomic mass is 9.92. The van der Waals surface area contributed by atoms with Crippen LogP contribution in [0.4, 0.5) is 0 Å². The van der Waals surface area contributed by atoms with E-state index in [9.17, 15) is 0 Å². The largest absolute Gasteiger partial charge is 0.486 e. The molecule has 0 bridgehead atoms. The van der Waals surface area contributed by atoms with Gasteiger partial charge < -0.3 is 18.9 Å². The van der Waals surface area contributed by atoms with Crippen molar-refractivity contribution in [1.82, 2.24) is 0 Å². The summed E-state index contributed by atoms with van der Waals surface area (Å²) < 4.78 is 20.7. The minimum atomic E-state index is 0.360. The molecule has 2 aliphatic heterocycles. The second-order valence-corrected chi connectivity index (χ2v) is 9.60. The summed E-state index contributed by atoms with van der Waals surface area (Å²) in [4.78, 5) is 0. The molecule has 38 heavy (non-hydrogen) atoms. The van der Waals surface area contributed by atoms with Crippen LogP contribution < -0.4 is 18.9 Å². The molecule has 0 amide bonds. The molecule has 0 N–H and O–H groups in total. The Morgan fingerprint density at radius 2 is 0.658 bits per heavy atom. The Morgan fingerprint density at radius 1 is 0.342 bits per heavy atom. The molecule has 0 spiro atoms. The van der Waals surface area contributed by atoms with Gasteiger partial charge in [-0.05, 0) is 91.5 Å². The van der Waals surface area contributed by atoms with Gasteiger partial charge in [0.2, 0.25) is 6.79 Å². The van der Waals surface area contributed by atoms with E-state index in [4.69, 9.17) is 18.9 Å². The van der Waals surface area contributed by atoms with Gasteiger partial charge in [0.25, 0.3) is 0 Å². The summed E-state index contributed by atoms with van der Waals surface area (Å²) in [6.45, 7) is 1.69. The van der Waals surface area contributed by atoms with E-state index >= 15 is 0 Å². The number of rotatable bonds is 0. The van der Waals surface area contributed by atoms with Gasteiger partial charge in [-0.25, -0.2) is 0 Å². The van der Waals surface area contributed by atoms with Gasteiger partial charge in [-0.15, -0.1) is 0 Å². The van der Waals surface area contributed by atoms with E-state index in [1.165, 1.54) is 44.9 Å². The van der Waals surface area contributed by atoms with E-state index in [2.05, 4.69) is 48.5 Å². The topological polar surface area (TPSA) is 36.9 Å². The van der Waals surface area contributed by atoms with E-state index in [-0.39, 0.29) is 0 Å². The smallest absolute Gasteiger partial charge is 0.231 e. The maximum atomic E-state index is 5.30. The Kier molecular flexibility index (Phi) is 9.19. The molecule has 0 saturated carbocycles. The molecule has 0 aromatic heterocycles. The fourth-order valence-electron chi connectivity index (χ4n) is 5.03. The van der Waals surface area contributed by atoms with E-state index in [1.807, 2.05) is 48.5 Å². The average molecular weight is 509 g/mol. The zero-order valence-electron chi connectivity index (χ0n) is 21.9. The van der Waals surface area contributed by atoms with Crippen molar-refractivity contribution in [2.45, 2.75) is 44.9 Å². The van der Waals surface area contributed by atoms with E-state index < -0.39 is 0 Å². The number of aryl methyl sites for hydroxylation is 4. The van der Waals surface area contributed by atoms with Crippen LogP contribution in [0.2, 0.25) is 0 Å². The van der Waals surface area contributed by atoms with Crippen LogP contribution in [-0.4, -0.2) is 20.0 Å². The minimum Gasteiger partial charge on any atom is -0.486 e. The van der Waals surface area contributed by atoms with Crippen LogP contribution in [0, 0.1) is 0 Å². The van der Waals surface area contributed by atoms with Crippen LogP contribution in [0.5, 0.6) is 23.0 Å². The van der Waals surface area contributed by atoms with Crippen LogP contribution in [0.25, 0.3) is 0 Å². The van der Waals surface area contributed by atoms with Crippen LogP contribution in [0.1, 0.15) is 41.5 Å². The van der Waals surface area contributed by atoms with Crippen molar-refractivity contribution in [3.8, 4) is 23.0 Å². The van der Waals surface area contributed by atoms with Gasteiger partial charge in [0, 0.05) is 0 Å². The fraction of sp³-hybridized carbons (Fsp3) is 0.294. The number of ether oxygens (including phenoxy) is 4. The third-order valence-corrected chi connectivity index (χ3v) is 7.00. The van der Waals surface area contributed by atoms with Crippen LogP contribution in [-0.2, 0) is 25.7 Å². The van der Waals surface area contributed by atoms with Crippen LogP contribution in [0.3, 0.4) is 0 Å². The molecule has 8 rings (SSSR count). The Morgan fingerprint density at radius 3 is 1.05 bits per heavy atom. The third kappa shape index (κ3) is 7.10. The summed E-state index contributed by atoms with van der Waals surface area (Å²) in [5.74, 6) is 3.40. The Bertz CT molecular complexity index is 1100. The summed E-state index contributed by atoms with van der Waals surface area (Å²) in [7, 11) is 0. The average Bonchev–Trinajstić information content (AvgIpc) is 3.68. The Hall–Kier alpha value is -3.92. The van der Waals surface area contributed by atoms with Crippen molar-refractivity contribution in [3.63, 3.8) is 0 Å². The molecule has 0 unspecified atom stereocenters. The van der Waals surface area contributed by atoms with Crippen molar-refractivity contribution < 1.29 is 18.9 Å². The maximum Gasteiger partial charge on any atom is 0.231 e. The molecule has 2 aliphatic carbocycles. The van der Waals surface area contributed by atoms with E-state index in [0.29, 0.717) is 20.0 Å². The molecule has 4 aliphatic rings. The minimum absolute atomic E-state index is 0.360. The first kappa shape index (κ1) is 25.7. The zero-order chi connectivity index (χ0) is 25.8. The lowest BCUT2D eigenvalue weighted by molar-refractivity contribution is 0.171. The molecule has 4 nitrogen and oxygen atoms in total. The highest BCUT2D eigenvalue weighted by atomic mass is 16.7. The lowest BCUT2D eigenvalue weighted by Gasteiger charge is -2.17. The standard InChI is InChI=1S/C10H12.C9H10.C8H8O2.C7H6O2/c1-2-6-10-8-4-3-7-9(10)5-1;1-2-5-9-7-3-6-8(9)4-1;1-2-4-8-7(3-1)9-5-6-10-8;1-2-4-7-6(3-1)8-5-9-7/h1-2,5-6H,3-4,7-8H2;1-2,4-5H,3,6-7H2;1-4H,5-6H2;1-4H,5H2. The lowest BCUT2D eigenvalue weighted by Crippen LogP contribution is -2.14. The quantitative estimate of drug-likeness (QED) is 0.245. The highest BCUT2D eigenvalue weighted by Crippen LogP contribution is 2.30. The zero-order valence-corrected chi connectivity index (χ0v) is 21.9. The van der Waals surface area contributed by atoms with Crippen molar-refractivity contribution in [1.29, 1.82) is 0 Å². The molecular formula is C34H36O4. The molecule has 0 atom stereocenters. The molecule has 196 valence electrons. The number of para-hydroxylation sites is 4. The third-order valence-electron chi connectivity index (χ3n) is 7.00.